The highest BCUT2D eigenvalue weighted by Gasteiger charge is 2.06. The maximum absolute atomic E-state index is 8.71. The summed E-state index contributed by atoms with van der Waals surface area (Å²) in [6, 6.07) is 10.4. The largest absolute Gasteiger partial charge is 0.451 e. The highest BCUT2D eigenvalue weighted by molar-refractivity contribution is 6.40. The Morgan fingerprint density at radius 1 is 1.12 bits per heavy atom. The molecule has 0 heterocycles. The number of nitrogens with zero attached hydrogens (tertiary/aromatic N) is 1. The van der Waals surface area contributed by atoms with Crippen molar-refractivity contribution in [1.82, 2.24) is 4.90 Å². The van der Waals surface area contributed by atoms with Crippen molar-refractivity contribution < 1.29 is 10.0 Å². The quantitative estimate of drug-likeness (QED) is 0.675. The van der Waals surface area contributed by atoms with Crippen LogP contribution < -0.4 is 0 Å². The summed E-state index contributed by atoms with van der Waals surface area (Å²) in [4.78, 5) is 2.22. The molecular weight excluding hydrogens is 201 g/mol. The normalized spacial score (nSPS) is 10.8. The summed E-state index contributed by atoms with van der Waals surface area (Å²) in [6.07, 6.45) is 2.32. The fraction of sp³-hybridized carbons (Fsp3) is 0.500. The Hall–Kier alpha value is -0.835. The van der Waals surface area contributed by atoms with E-state index in [2.05, 4.69) is 36.2 Å². The van der Waals surface area contributed by atoms with Gasteiger partial charge >= 0.3 is 7.12 Å². The van der Waals surface area contributed by atoms with Crippen LogP contribution in [-0.4, -0.2) is 42.2 Å². The Bertz CT molecular complexity index is 280. The Labute approximate surface area is 97.9 Å². The molecule has 0 fully saturated rings. The third kappa shape index (κ3) is 5.90. The molecule has 0 atom stereocenters. The van der Waals surface area contributed by atoms with Crippen molar-refractivity contribution in [2.24, 2.45) is 0 Å². The number of benzene rings is 1. The lowest BCUT2D eigenvalue weighted by Crippen LogP contribution is -2.23. The van der Waals surface area contributed by atoms with Gasteiger partial charge in [0.1, 0.15) is 0 Å². The molecule has 1 rings (SSSR count). The lowest BCUT2D eigenvalue weighted by atomic mass is 9.84. The van der Waals surface area contributed by atoms with E-state index < -0.39 is 7.12 Å². The third-order valence-corrected chi connectivity index (χ3v) is 2.63. The first kappa shape index (κ1) is 13.2. The molecule has 0 bridgehead atoms. The van der Waals surface area contributed by atoms with Crippen LogP contribution in [0, 0.1) is 0 Å². The number of hydrogen-bond acceptors (Lipinski definition) is 3. The van der Waals surface area contributed by atoms with Crippen LogP contribution in [0.2, 0.25) is 6.32 Å². The summed E-state index contributed by atoms with van der Waals surface area (Å²) < 4.78 is 0. The molecule has 1 aromatic carbocycles. The number of likely N-dealkylation sites (N-methyl/N-ethyl adjacent to an activating group) is 1. The summed E-state index contributed by atoms with van der Waals surface area (Å²) in [5, 5.41) is 17.4. The van der Waals surface area contributed by atoms with Gasteiger partial charge in [0.05, 0.1) is 0 Å². The average molecular weight is 221 g/mol. The van der Waals surface area contributed by atoms with Gasteiger partial charge in [0, 0.05) is 6.54 Å². The van der Waals surface area contributed by atoms with E-state index in [-0.39, 0.29) is 0 Å². The summed E-state index contributed by atoms with van der Waals surface area (Å²) in [6.45, 7) is 1.91. The van der Waals surface area contributed by atoms with Crippen LogP contribution in [0.15, 0.2) is 30.3 Å². The van der Waals surface area contributed by atoms with E-state index in [0.29, 0.717) is 6.32 Å². The standard InChI is InChI=1S/C12H20BNO2/c1-14(10-5-9-13(15)16)11-8-12-6-3-2-4-7-12/h2-4,6-7,15-16H,5,8-11H2,1H3. The fourth-order valence-electron chi connectivity index (χ4n) is 1.62. The number of hydrogen-bond donors (Lipinski definition) is 2. The van der Waals surface area contributed by atoms with Crippen molar-refractivity contribution in [3.05, 3.63) is 35.9 Å². The van der Waals surface area contributed by atoms with E-state index in [1.54, 1.807) is 0 Å². The van der Waals surface area contributed by atoms with E-state index in [4.69, 9.17) is 10.0 Å². The van der Waals surface area contributed by atoms with E-state index in [1.807, 2.05) is 6.07 Å². The van der Waals surface area contributed by atoms with E-state index in [0.717, 1.165) is 25.9 Å². The Balaban J connectivity index is 2.13. The predicted molar refractivity (Wildman–Crippen MR) is 67.3 cm³/mol. The minimum absolute atomic E-state index is 0.454. The highest BCUT2D eigenvalue weighted by Crippen LogP contribution is 2.01. The molecule has 0 unspecified atom stereocenters. The molecule has 1 aromatic rings. The molecule has 0 saturated carbocycles. The van der Waals surface area contributed by atoms with Crippen molar-refractivity contribution in [2.45, 2.75) is 19.2 Å². The van der Waals surface area contributed by atoms with Gasteiger partial charge in [-0.15, -0.1) is 0 Å². The molecule has 0 aliphatic carbocycles. The smallest absolute Gasteiger partial charge is 0.427 e. The van der Waals surface area contributed by atoms with Gasteiger partial charge in [-0.05, 0) is 38.3 Å². The summed E-state index contributed by atoms with van der Waals surface area (Å²) in [5.41, 5.74) is 1.34. The van der Waals surface area contributed by atoms with Gasteiger partial charge in [-0.1, -0.05) is 30.3 Å². The van der Waals surface area contributed by atoms with Crippen molar-refractivity contribution >= 4 is 7.12 Å². The first-order valence-electron chi connectivity index (χ1n) is 5.77. The van der Waals surface area contributed by atoms with Gasteiger partial charge in [-0.2, -0.15) is 0 Å². The molecule has 88 valence electrons. The van der Waals surface area contributed by atoms with Crippen LogP contribution in [0.1, 0.15) is 12.0 Å². The lowest BCUT2D eigenvalue weighted by molar-refractivity contribution is 0.330. The van der Waals surface area contributed by atoms with Crippen LogP contribution in [0.25, 0.3) is 0 Å². The van der Waals surface area contributed by atoms with Crippen LogP contribution in [0.3, 0.4) is 0 Å². The highest BCUT2D eigenvalue weighted by atomic mass is 16.4. The van der Waals surface area contributed by atoms with Crippen molar-refractivity contribution in [2.75, 3.05) is 20.1 Å². The zero-order chi connectivity index (χ0) is 11.8. The van der Waals surface area contributed by atoms with Gasteiger partial charge < -0.3 is 14.9 Å². The maximum atomic E-state index is 8.71. The average Bonchev–Trinajstić information content (AvgIpc) is 2.27. The summed E-state index contributed by atoms with van der Waals surface area (Å²) >= 11 is 0. The molecule has 0 radical (unpaired) electrons. The van der Waals surface area contributed by atoms with Crippen molar-refractivity contribution in [3.63, 3.8) is 0 Å². The molecule has 0 spiro atoms. The van der Waals surface area contributed by atoms with E-state index >= 15 is 0 Å². The number of rotatable bonds is 7. The van der Waals surface area contributed by atoms with Gasteiger partial charge in [0.25, 0.3) is 0 Å². The Morgan fingerprint density at radius 2 is 1.81 bits per heavy atom. The molecule has 4 heteroatoms. The SMILES string of the molecule is CN(CCCB(O)O)CCc1ccccc1. The molecule has 0 saturated heterocycles. The van der Waals surface area contributed by atoms with Crippen molar-refractivity contribution in [1.29, 1.82) is 0 Å². The fourth-order valence-corrected chi connectivity index (χ4v) is 1.62. The molecule has 3 nitrogen and oxygen atoms in total. The lowest BCUT2D eigenvalue weighted by Gasteiger charge is -2.16. The first-order valence-corrected chi connectivity index (χ1v) is 5.77. The van der Waals surface area contributed by atoms with Crippen LogP contribution in [-0.2, 0) is 6.42 Å². The minimum atomic E-state index is -1.16. The molecule has 16 heavy (non-hydrogen) atoms. The van der Waals surface area contributed by atoms with Gasteiger partial charge in [-0.3, -0.25) is 0 Å². The first-order chi connectivity index (χ1) is 7.68. The molecule has 0 aliphatic rings. The van der Waals surface area contributed by atoms with E-state index in [1.165, 1.54) is 5.56 Å². The van der Waals surface area contributed by atoms with E-state index in [9.17, 15) is 0 Å². The topological polar surface area (TPSA) is 43.7 Å². The monoisotopic (exact) mass is 221 g/mol. The van der Waals surface area contributed by atoms with Crippen LogP contribution in [0.5, 0.6) is 0 Å². The minimum Gasteiger partial charge on any atom is -0.427 e. The molecule has 0 aliphatic heterocycles. The van der Waals surface area contributed by atoms with Gasteiger partial charge in [-0.25, -0.2) is 0 Å². The second kappa shape index (κ2) is 7.44. The van der Waals surface area contributed by atoms with Crippen LogP contribution >= 0.6 is 0 Å². The summed E-state index contributed by atoms with van der Waals surface area (Å²) in [7, 11) is 0.898. The summed E-state index contributed by atoms with van der Waals surface area (Å²) in [5.74, 6) is 0. The zero-order valence-electron chi connectivity index (χ0n) is 9.84. The molecular formula is C12H20BNO2. The third-order valence-electron chi connectivity index (χ3n) is 2.63. The zero-order valence-corrected chi connectivity index (χ0v) is 9.84. The molecule has 2 N–H and O–H groups in total. The predicted octanol–water partition coefficient (Wildman–Crippen LogP) is 1.02. The molecule has 0 aromatic heterocycles. The van der Waals surface area contributed by atoms with Crippen LogP contribution in [0.4, 0.5) is 0 Å². The maximum Gasteiger partial charge on any atom is 0.451 e. The van der Waals surface area contributed by atoms with Gasteiger partial charge in [0.2, 0.25) is 0 Å². The Morgan fingerprint density at radius 3 is 2.44 bits per heavy atom. The second-order valence-electron chi connectivity index (χ2n) is 4.16. The Kier molecular flexibility index (Phi) is 6.15. The van der Waals surface area contributed by atoms with Crippen molar-refractivity contribution in [3.8, 4) is 0 Å². The van der Waals surface area contributed by atoms with Gasteiger partial charge in [0.15, 0.2) is 0 Å². The second-order valence-corrected chi connectivity index (χ2v) is 4.16. The molecule has 0 amide bonds.